The Bertz CT molecular complexity index is 1110. The van der Waals surface area contributed by atoms with Crippen LogP contribution in [0.3, 0.4) is 0 Å². The maximum atomic E-state index is 12.1. The molecule has 3 aromatic carbocycles. The number of amides is 2. The van der Waals surface area contributed by atoms with E-state index < -0.39 is 0 Å². The molecule has 6 heteroatoms. The molecule has 31 heavy (non-hydrogen) atoms. The lowest BCUT2D eigenvalue weighted by molar-refractivity contribution is -0.118. The molecule has 2 amide bonds. The zero-order valence-electron chi connectivity index (χ0n) is 17.8. The number of hydrogen-bond donors (Lipinski definition) is 2. The van der Waals surface area contributed by atoms with Crippen LogP contribution in [0, 0.1) is 20.8 Å². The molecule has 0 aliphatic rings. The van der Waals surface area contributed by atoms with Crippen molar-refractivity contribution in [3.05, 3.63) is 94.5 Å². The first kappa shape index (κ1) is 21.8. The number of anilines is 1. The summed E-state index contributed by atoms with van der Waals surface area (Å²) in [5.41, 5.74) is 7.90. The Balaban J connectivity index is 1.47. The van der Waals surface area contributed by atoms with Gasteiger partial charge in [0.15, 0.2) is 6.61 Å². The van der Waals surface area contributed by atoms with Gasteiger partial charge >= 0.3 is 0 Å². The van der Waals surface area contributed by atoms with Crippen LogP contribution in [0.4, 0.5) is 5.69 Å². The smallest absolute Gasteiger partial charge is 0.271 e. The Hall–Kier alpha value is -3.93. The van der Waals surface area contributed by atoms with Gasteiger partial charge in [0.1, 0.15) is 5.75 Å². The summed E-state index contributed by atoms with van der Waals surface area (Å²) in [5.74, 6) is 0.0682. The molecular formula is C25H25N3O3. The number of carbonyl (C=O) groups excluding carboxylic acids is 2. The first-order chi connectivity index (χ1) is 14.9. The highest BCUT2D eigenvalue weighted by Crippen LogP contribution is 2.15. The minimum Gasteiger partial charge on any atom is -0.484 e. The summed E-state index contributed by atoms with van der Waals surface area (Å²) in [5, 5.41) is 6.80. The number of hydrogen-bond acceptors (Lipinski definition) is 4. The predicted octanol–water partition coefficient (Wildman–Crippen LogP) is 4.39. The fraction of sp³-hybridized carbons (Fsp3) is 0.160. The summed E-state index contributed by atoms with van der Waals surface area (Å²) in [6.07, 6.45) is 1.55. The molecule has 0 atom stereocenters. The Morgan fingerprint density at radius 2 is 1.71 bits per heavy atom. The molecule has 2 N–H and O–H groups in total. The zero-order valence-corrected chi connectivity index (χ0v) is 17.8. The highest BCUT2D eigenvalue weighted by Gasteiger charge is 2.05. The lowest BCUT2D eigenvalue weighted by atomic mass is 10.1. The van der Waals surface area contributed by atoms with E-state index in [1.54, 1.807) is 42.6 Å². The van der Waals surface area contributed by atoms with Crippen LogP contribution in [0.25, 0.3) is 0 Å². The van der Waals surface area contributed by atoms with E-state index in [-0.39, 0.29) is 18.4 Å². The molecule has 0 heterocycles. The van der Waals surface area contributed by atoms with Gasteiger partial charge in [-0.2, -0.15) is 5.10 Å². The minimum atomic E-state index is -0.269. The lowest BCUT2D eigenvalue weighted by Gasteiger charge is -2.09. The quantitative estimate of drug-likeness (QED) is 0.444. The van der Waals surface area contributed by atoms with Gasteiger partial charge in [0.25, 0.3) is 11.8 Å². The Labute approximate surface area is 182 Å². The number of carbonyl (C=O) groups is 2. The number of benzene rings is 3. The Kier molecular flexibility index (Phi) is 7.17. The minimum absolute atomic E-state index is 0.0904. The van der Waals surface area contributed by atoms with Crippen molar-refractivity contribution in [2.75, 3.05) is 11.9 Å². The monoisotopic (exact) mass is 415 g/mol. The summed E-state index contributed by atoms with van der Waals surface area (Å²) >= 11 is 0. The van der Waals surface area contributed by atoms with Crippen molar-refractivity contribution >= 4 is 23.7 Å². The van der Waals surface area contributed by atoms with Crippen LogP contribution in [0.5, 0.6) is 5.75 Å². The van der Waals surface area contributed by atoms with Gasteiger partial charge in [0.2, 0.25) is 0 Å². The molecule has 3 aromatic rings. The third-order valence-corrected chi connectivity index (χ3v) is 4.70. The van der Waals surface area contributed by atoms with Gasteiger partial charge in [0, 0.05) is 11.3 Å². The van der Waals surface area contributed by atoms with E-state index >= 15 is 0 Å². The number of ether oxygens (including phenoxy) is 1. The number of aryl methyl sites for hydroxylation is 3. The second-order valence-corrected chi connectivity index (χ2v) is 7.27. The van der Waals surface area contributed by atoms with E-state index in [4.69, 9.17) is 4.74 Å². The van der Waals surface area contributed by atoms with E-state index in [1.165, 1.54) is 5.56 Å². The van der Waals surface area contributed by atoms with E-state index in [2.05, 4.69) is 15.8 Å². The summed E-state index contributed by atoms with van der Waals surface area (Å²) in [6.45, 7) is 5.86. The SMILES string of the molecule is Cc1cccc(C(=O)N/N=C\c2ccc(OCC(=O)Nc3ccc(C)c(C)c3)cc2)c1. The van der Waals surface area contributed by atoms with Crippen LogP contribution in [-0.4, -0.2) is 24.6 Å². The molecule has 0 saturated carbocycles. The van der Waals surface area contributed by atoms with Crippen LogP contribution in [0.1, 0.15) is 32.6 Å². The number of nitrogens with zero attached hydrogens (tertiary/aromatic N) is 1. The van der Waals surface area contributed by atoms with Crippen molar-refractivity contribution in [2.24, 2.45) is 5.10 Å². The highest BCUT2D eigenvalue weighted by molar-refractivity contribution is 5.95. The van der Waals surface area contributed by atoms with Gasteiger partial charge in [-0.25, -0.2) is 5.43 Å². The van der Waals surface area contributed by atoms with Gasteiger partial charge in [-0.05, 0) is 86.0 Å². The zero-order chi connectivity index (χ0) is 22.2. The number of hydrazone groups is 1. The first-order valence-corrected chi connectivity index (χ1v) is 9.91. The topological polar surface area (TPSA) is 79.8 Å². The molecule has 0 spiro atoms. The third-order valence-electron chi connectivity index (χ3n) is 4.70. The largest absolute Gasteiger partial charge is 0.484 e. The van der Waals surface area contributed by atoms with Crippen molar-refractivity contribution < 1.29 is 14.3 Å². The molecule has 0 radical (unpaired) electrons. The standard InChI is InChI=1S/C25H25N3O3/c1-17-5-4-6-21(13-17)25(30)28-26-15-20-8-11-23(12-9-20)31-16-24(29)27-22-10-7-18(2)19(3)14-22/h4-15H,16H2,1-3H3,(H,27,29)(H,28,30)/b26-15-. The fourth-order valence-corrected chi connectivity index (χ4v) is 2.83. The molecular weight excluding hydrogens is 390 g/mol. The third kappa shape index (κ3) is 6.54. The van der Waals surface area contributed by atoms with Crippen LogP contribution in [0.15, 0.2) is 71.8 Å². The van der Waals surface area contributed by atoms with Crippen LogP contribution in [-0.2, 0) is 4.79 Å². The van der Waals surface area contributed by atoms with Crippen LogP contribution >= 0.6 is 0 Å². The van der Waals surface area contributed by atoms with Crippen LogP contribution in [0.2, 0.25) is 0 Å². The molecule has 6 nitrogen and oxygen atoms in total. The lowest BCUT2D eigenvalue weighted by Crippen LogP contribution is -2.20. The Morgan fingerprint density at radius 3 is 2.42 bits per heavy atom. The maximum Gasteiger partial charge on any atom is 0.271 e. The van der Waals surface area contributed by atoms with Crippen LogP contribution < -0.4 is 15.5 Å². The molecule has 158 valence electrons. The van der Waals surface area contributed by atoms with Crippen molar-refractivity contribution in [3.8, 4) is 5.75 Å². The second-order valence-electron chi connectivity index (χ2n) is 7.27. The molecule has 0 bridgehead atoms. The molecule has 0 saturated heterocycles. The molecule has 3 rings (SSSR count). The average Bonchev–Trinajstić information content (AvgIpc) is 2.76. The van der Waals surface area contributed by atoms with Gasteiger partial charge in [-0.1, -0.05) is 23.8 Å². The Morgan fingerprint density at radius 1 is 0.935 bits per heavy atom. The van der Waals surface area contributed by atoms with E-state index in [1.807, 2.05) is 51.1 Å². The molecule has 0 fully saturated rings. The normalized spacial score (nSPS) is 10.7. The van der Waals surface area contributed by atoms with Crippen molar-refractivity contribution in [1.82, 2.24) is 5.43 Å². The average molecular weight is 415 g/mol. The van der Waals surface area contributed by atoms with Crippen molar-refractivity contribution in [3.63, 3.8) is 0 Å². The summed E-state index contributed by atoms with van der Waals surface area (Å²) < 4.78 is 5.53. The van der Waals surface area contributed by atoms with Gasteiger partial charge < -0.3 is 10.1 Å². The number of nitrogens with one attached hydrogen (secondary N) is 2. The van der Waals surface area contributed by atoms with E-state index in [0.717, 1.165) is 22.4 Å². The van der Waals surface area contributed by atoms with E-state index in [0.29, 0.717) is 11.3 Å². The highest BCUT2D eigenvalue weighted by atomic mass is 16.5. The second kappa shape index (κ2) is 10.2. The maximum absolute atomic E-state index is 12.1. The summed E-state index contributed by atoms with van der Waals surface area (Å²) in [7, 11) is 0. The van der Waals surface area contributed by atoms with Gasteiger partial charge in [0.05, 0.1) is 6.21 Å². The van der Waals surface area contributed by atoms with E-state index in [9.17, 15) is 9.59 Å². The number of rotatable bonds is 7. The molecule has 0 aliphatic heterocycles. The molecule has 0 aromatic heterocycles. The van der Waals surface area contributed by atoms with Crippen molar-refractivity contribution in [2.45, 2.75) is 20.8 Å². The predicted molar refractivity (Wildman–Crippen MR) is 123 cm³/mol. The van der Waals surface area contributed by atoms with Gasteiger partial charge in [-0.15, -0.1) is 0 Å². The molecule has 0 aliphatic carbocycles. The summed E-state index contributed by atoms with van der Waals surface area (Å²) in [4.78, 5) is 24.2. The first-order valence-electron chi connectivity index (χ1n) is 9.91. The molecule has 0 unspecified atom stereocenters. The van der Waals surface area contributed by atoms with Gasteiger partial charge in [-0.3, -0.25) is 9.59 Å². The van der Waals surface area contributed by atoms with Crippen molar-refractivity contribution in [1.29, 1.82) is 0 Å². The fourth-order valence-electron chi connectivity index (χ4n) is 2.83. The summed E-state index contributed by atoms with van der Waals surface area (Å²) in [6, 6.07) is 20.1.